The second-order valence-electron chi connectivity index (χ2n) is 3.86. The number of hydrogen-bond acceptors (Lipinski definition) is 3. The molecule has 1 amide bonds. The molecule has 1 aliphatic rings. The SMILES string of the molecule is COCCN1C(=O)Cc2cc(C(=O)O)ccc21. The summed E-state index contributed by atoms with van der Waals surface area (Å²) in [5, 5.41) is 8.87. The van der Waals surface area contributed by atoms with Crippen molar-refractivity contribution in [2.24, 2.45) is 0 Å². The predicted molar refractivity (Wildman–Crippen MR) is 61.3 cm³/mol. The van der Waals surface area contributed by atoms with Gasteiger partial charge in [-0.15, -0.1) is 0 Å². The molecule has 1 heterocycles. The number of methoxy groups -OCH3 is 1. The Balaban J connectivity index is 2.28. The largest absolute Gasteiger partial charge is 0.478 e. The van der Waals surface area contributed by atoms with Crippen LogP contribution in [-0.4, -0.2) is 37.2 Å². The van der Waals surface area contributed by atoms with Crippen molar-refractivity contribution in [3.05, 3.63) is 29.3 Å². The predicted octanol–water partition coefficient (Wildman–Crippen LogP) is 0.920. The first-order valence-electron chi connectivity index (χ1n) is 5.29. The summed E-state index contributed by atoms with van der Waals surface area (Å²) in [5.74, 6) is -0.991. The van der Waals surface area contributed by atoms with Gasteiger partial charge in [0.1, 0.15) is 0 Å². The van der Waals surface area contributed by atoms with Crippen molar-refractivity contribution in [2.45, 2.75) is 6.42 Å². The number of hydrogen-bond donors (Lipinski definition) is 1. The van der Waals surface area contributed by atoms with Crippen molar-refractivity contribution in [1.82, 2.24) is 0 Å². The molecule has 0 spiro atoms. The van der Waals surface area contributed by atoms with Gasteiger partial charge in [-0.05, 0) is 23.8 Å². The van der Waals surface area contributed by atoms with E-state index >= 15 is 0 Å². The number of benzene rings is 1. The van der Waals surface area contributed by atoms with Crippen molar-refractivity contribution in [3.8, 4) is 0 Å². The van der Waals surface area contributed by atoms with Gasteiger partial charge in [0, 0.05) is 19.3 Å². The Morgan fingerprint density at radius 3 is 2.94 bits per heavy atom. The molecule has 0 fully saturated rings. The lowest BCUT2D eigenvalue weighted by molar-refractivity contribution is -0.117. The number of carbonyl (C=O) groups is 2. The van der Waals surface area contributed by atoms with Gasteiger partial charge in [0.25, 0.3) is 0 Å². The zero-order valence-corrected chi connectivity index (χ0v) is 9.47. The summed E-state index contributed by atoms with van der Waals surface area (Å²) in [6.45, 7) is 0.959. The van der Waals surface area contributed by atoms with Gasteiger partial charge in [0.15, 0.2) is 0 Å². The number of anilines is 1. The molecule has 1 N–H and O–H groups in total. The smallest absolute Gasteiger partial charge is 0.335 e. The van der Waals surface area contributed by atoms with Gasteiger partial charge >= 0.3 is 5.97 Å². The van der Waals surface area contributed by atoms with Crippen LogP contribution in [0, 0.1) is 0 Å². The van der Waals surface area contributed by atoms with Crippen molar-refractivity contribution >= 4 is 17.6 Å². The van der Waals surface area contributed by atoms with Gasteiger partial charge in [-0.3, -0.25) is 4.79 Å². The Hall–Kier alpha value is -1.88. The zero-order valence-electron chi connectivity index (χ0n) is 9.47. The van der Waals surface area contributed by atoms with Gasteiger partial charge in [0.2, 0.25) is 5.91 Å². The van der Waals surface area contributed by atoms with Crippen molar-refractivity contribution in [1.29, 1.82) is 0 Å². The Morgan fingerprint density at radius 2 is 2.29 bits per heavy atom. The minimum absolute atomic E-state index is 0.0143. The first-order chi connectivity index (χ1) is 8.13. The van der Waals surface area contributed by atoms with Crippen LogP contribution in [0.15, 0.2) is 18.2 Å². The number of carbonyl (C=O) groups excluding carboxylic acids is 1. The Kier molecular flexibility index (Phi) is 3.10. The summed E-state index contributed by atoms with van der Waals surface area (Å²) in [7, 11) is 1.58. The molecule has 0 saturated heterocycles. The minimum atomic E-state index is -0.976. The molecule has 1 aromatic carbocycles. The Morgan fingerprint density at radius 1 is 1.53 bits per heavy atom. The fourth-order valence-electron chi connectivity index (χ4n) is 1.94. The van der Waals surface area contributed by atoms with Crippen LogP contribution in [0.25, 0.3) is 0 Å². The minimum Gasteiger partial charge on any atom is -0.478 e. The molecule has 1 aliphatic heterocycles. The van der Waals surface area contributed by atoms with Crippen molar-refractivity contribution in [2.75, 3.05) is 25.2 Å². The average molecular weight is 235 g/mol. The van der Waals surface area contributed by atoms with E-state index in [0.29, 0.717) is 13.2 Å². The lowest BCUT2D eigenvalue weighted by atomic mass is 10.1. The number of amides is 1. The summed E-state index contributed by atoms with van der Waals surface area (Å²) >= 11 is 0. The molecule has 0 aromatic heterocycles. The maximum atomic E-state index is 11.7. The average Bonchev–Trinajstić information content (AvgIpc) is 2.61. The first kappa shape index (κ1) is 11.6. The van der Waals surface area contributed by atoms with Gasteiger partial charge in [-0.1, -0.05) is 0 Å². The number of nitrogens with zero attached hydrogens (tertiary/aromatic N) is 1. The summed E-state index contributed by atoms with van der Waals surface area (Å²) in [6, 6.07) is 4.75. The molecule has 17 heavy (non-hydrogen) atoms. The van der Waals surface area contributed by atoms with Crippen LogP contribution >= 0.6 is 0 Å². The second-order valence-corrected chi connectivity index (χ2v) is 3.86. The molecule has 5 heteroatoms. The highest BCUT2D eigenvalue weighted by molar-refractivity contribution is 6.02. The molecule has 0 saturated carbocycles. The summed E-state index contributed by atoms with van der Waals surface area (Å²) < 4.78 is 4.94. The number of ether oxygens (including phenoxy) is 1. The Bertz CT molecular complexity index is 470. The Labute approximate surface area is 98.6 Å². The normalized spacial score (nSPS) is 13.9. The molecule has 0 atom stereocenters. The fourth-order valence-corrected chi connectivity index (χ4v) is 1.94. The van der Waals surface area contributed by atoms with E-state index in [-0.39, 0.29) is 17.9 Å². The second kappa shape index (κ2) is 4.55. The third kappa shape index (κ3) is 2.14. The highest BCUT2D eigenvalue weighted by Crippen LogP contribution is 2.29. The summed E-state index contributed by atoms with van der Waals surface area (Å²) in [6.07, 6.45) is 0.264. The van der Waals surface area contributed by atoms with Crippen LogP contribution in [0.5, 0.6) is 0 Å². The van der Waals surface area contributed by atoms with E-state index in [1.165, 1.54) is 6.07 Å². The molecular weight excluding hydrogens is 222 g/mol. The molecule has 1 aromatic rings. The van der Waals surface area contributed by atoms with Crippen LogP contribution < -0.4 is 4.90 Å². The number of aromatic carboxylic acids is 1. The van der Waals surface area contributed by atoms with Crippen LogP contribution in [0.1, 0.15) is 15.9 Å². The molecule has 0 bridgehead atoms. The van der Waals surface area contributed by atoms with Crippen molar-refractivity contribution in [3.63, 3.8) is 0 Å². The van der Waals surface area contributed by atoms with E-state index in [4.69, 9.17) is 9.84 Å². The van der Waals surface area contributed by atoms with Crippen LogP contribution in [0.3, 0.4) is 0 Å². The monoisotopic (exact) mass is 235 g/mol. The molecular formula is C12H13NO4. The highest BCUT2D eigenvalue weighted by atomic mass is 16.5. The van der Waals surface area contributed by atoms with E-state index < -0.39 is 5.97 Å². The lowest BCUT2D eigenvalue weighted by Gasteiger charge is -2.16. The maximum absolute atomic E-state index is 11.7. The third-order valence-corrected chi connectivity index (χ3v) is 2.78. The third-order valence-electron chi connectivity index (χ3n) is 2.78. The van der Waals surface area contributed by atoms with Gasteiger partial charge in [0.05, 0.1) is 18.6 Å². The molecule has 0 radical (unpaired) electrons. The number of fused-ring (bicyclic) bond motifs is 1. The summed E-state index contributed by atoms with van der Waals surface area (Å²) in [4.78, 5) is 24.2. The van der Waals surface area contributed by atoms with Crippen LogP contribution in [-0.2, 0) is 16.0 Å². The van der Waals surface area contributed by atoms with E-state index in [0.717, 1.165) is 11.3 Å². The number of carboxylic acid groups (broad SMARTS) is 1. The summed E-state index contributed by atoms with van der Waals surface area (Å²) in [5.41, 5.74) is 1.77. The van der Waals surface area contributed by atoms with E-state index in [1.807, 2.05) is 0 Å². The molecule has 0 aliphatic carbocycles. The standard InChI is InChI=1S/C12H13NO4/c1-17-5-4-13-10-3-2-8(12(15)16)6-9(10)7-11(13)14/h2-3,6H,4-5,7H2,1H3,(H,15,16). The van der Waals surface area contributed by atoms with Gasteiger partial charge in [-0.2, -0.15) is 0 Å². The van der Waals surface area contributed by atoms with Gasteiger partial charge < -0.3 is 14.7 Å². The van der Waals surface area contributed by atoms with E-state index in [9.17, 15) is 9.59 Å². The van der Waals surface area contributed by atoms with E-state index in [1.54, 1.807) is 24.1 Å². The van der Waals surface area contributed by atoms with Gasteiger partial charge in [-0.25, -0.2) is 4.79 Å². The van der Waals surface area contributed by atoms with Crippen LogP contribution in [0.2, 0.25) is 0 Å². The maximum Gasteiger partial charge on any atom is 0.335 e. The number of rotatable bonds is 4. The fraction of sp³-hybridized carbons (Fsp3) is 0.333. The van der Waals surface area contributed by atoms with E-state index in [2.05, 4.69) is 0 Å². The molecule has 5 nitrogen and oxygen atoms in total. The highest BCUT2D eigenvalue weighted by Gasteiger charge is 2.27. The zero-order chi connectivity index (χ0) is 12.4. The molecule has 90 valence electrons. The molecule has 2 rings (SSSR count). The lowest BCUT2D eigenvalue weighted by Crippen LogP contribution is -2.30. The quantitative estimate of drug-likeness (QED) is 0.842. The van der Waals surface area contributed by atoms with Crippen molar-refractivity contribution < 1.29 is 19.4 Å². The first-order valence-corrected chi connectivity index (χ1v) is 5.29. The topological polar surface area (TPSA) is 66.8 Å². The van der Waals surface area contributed by atoms with Crippen LogP contribution in [0.4, 0.5) is 5.69 Å². The molecule has 0 unspecified atom stereocenters. The number of carboxylic acids is 1.